The quantitative estimate of drug-likeness (QED) is 0.627. The monoisotopic (exact) mass is 349 g/mol. The van der Waals surface area contributed by atoms with Gasteiger partial charge < -0.3 is 20.5 Å². The average molecular weight is 349 g/mol. The molecule has 0 bridgehead atoms. The molecule has 0 aromatic heterocycles. The van der Waals surface area contributed by atoms with Gasteiger partial charge >= 0.3 is 0 Å². The molecular weight excluding hydrogens is 318 g/mol. The van der Waals surface area contributed by atoms with Gasteiger partial charge in [0.25, 0.3) is 0 Å². The van der Waals surface area contributed by atoms with Crippen LogP contribution >= 0.6 is 0 Å². The number of piperidine rings is 1. The van der Waals surface area contributed by atoms with Crippen molar-refractivity contribution in [3.63, 3.8) is 0 Å². The highest BCUT2D eigenvalue weighted by Gasteiger charge is 2.22. The van der Waals surface area contributed by atoms with Crippen LogP contribution in [0.15, 0.2) is 24.3 Å². The summed E-state index contributed by atoms with van der Waals surface area (Å²) in [7, 11) is 1.67. The second-order valence-electron chi connectivity index (χ2n) is 6.45. The van der Waals surface area contributed by atoms with Gasteiger partial charge in [-0.05, 0) is 37.1 Å². The lowest BCUT2D eigenvalue weighted by Crippen LogP contribution is -2.46. The van der Waals surface area contributed by atoms with Gasteiger partial charge in [0.1, 0.15) is 12.4 Å². The Morgan fingerprint density at radius 3 is 2.80 bits per heavy atom. The number of hydrogen-bond donors (Lipinski definition) is 2. The smallest absolute Gasteiger partial charge is 0.221 e. The number of nitrogens with two attached hydrogens (primary N) is 1. The molecule has 1 atom stereocenters. The summed E-state index contributed by atoms with van der Waals surface area (Å²) >= 11 is 0. The number of nitrogens with one attached hydrogen (secondary N) is 1. The van der Waals surface area contributed by atoms with Crippen LogP contribution < -0.4 is 15.8 Å². The minimum Gasteiger partial charge on any atom is -0.491 e. The van der Waals surface area contributed by atoms with E-state index in [9.17, 15) is 4.79 Å². The number of ether oxygens (including phenoxy) is 2. The van der Waals surface area contributed by atoms with Crippen molar-refractivity contribution in [3.8, 4) is 5.75 Å². The highest BCUT2D eigenvalue weighted by atomic mass is 16.5. The Balaban J connectivity index is 1.84. The molecular formula is C19H31N3O3. The molecule has 1 aromatic rings. The molecule has 25 heavy (non-hydrogen) atoms. The van der Waals surface area contributed by atoms with Crippen LogP contribution in [0.1, 0.15) is 31.2 Å². The summed E-state index contributed by atoms with van der Waals surface area (Å²) in [5, 5.41) is 3.01. The third kappa shape index (κ3) is 7.02. The van der Waals surface area contributed by atoms with E-state index in [1.165, 1.54) is 18.4 Å². The van der Waals surface area contributed by atoms with Crippen molar-refractivity contribution in [2.75, 3.05) is 40.0 Å². The van der Waals surface area contributed by atoms with Crippen molar-refractivity contribution in [2.24, 2.45) is 5.73 Å². The van der Waals surface area contributed by atoms with Crippen LogP contribution in [0, 0.1) is 0 Å². The standard InChI is InChI=1S/C19H31N3O3/c1-24-12-13-25-18-7-5-16(6-8-18)15-22-11-3-2-4-17(22)14-21-19(23)9-10-20/h5-8,17H,2-4,9-15,20H2,1H3,(H,21,23). The Morgan fingerprint density at radius 2 is 2.08 bits per heavy atom. The fourth-order valence-corrected chi connectivity index (χ4v) is 3.12. The van der Waals surface area contributed by atoms with E-state index in [0.717, 1.165) is 25.3 Å². The molecule has 0 aliphatic carbocycles. The van der Waals surface area contributed by atoms with Crippen LogP contribution in [0.2, 0.25) is 0 Å². The van der Waals surface area contributed by atoms with Gasteiger partial charge in [-0.15, -0.1) is 0 Å². The Bertz CT molecular complexity index is 507. The first-order valence-corrected chi connectivity index (χ1v) is 9.14. The Labute approximate surface area is 150 Å². The van der Waals surface area contributed by atoms with Crippen LogP contribution in [0.4, 0.5) is 0 Å². The maximum atomic E-state index is 11.7. The van der Waals surface area contributed by atoms with E-state index < -0.39 is 0 Å². The molecule has 1 heterocycles. The molecule has 6 nitrogen and oxygen atoms in total. The average Bonchev–Trinajstić information content (AvgIpc) is 2.63. The Hall–Kier alpha value is -1.63. The lowest BCUT2D eigenvalue weighted by molar-refractivity contribution is -0.121. The molecule has 2 rings (SSSR count). The van der Waals surface area contributed by atoms with Gasteiger partial charge in [0, 0.05) is 39.2 Å². The van der Waals surface area contributed by atoms with Crippen molar-refractivity contribution in [3.05, 3.63) is 29.8 Å². The number of likely N-dealkylation sites (tertiary alicyclic amines) is 1. The van der Waals surface area contributed by atoms with Crippen LogP contribution in [0.25, 0.3) is 0 Å². The zero-order valence-electron chi connectivity index (χ0n) is 15.2. The van der Waals surface area contributed by atoms with Crippen molar-refractivity contribution >= 4 is 5.91 Å². The first kappa shape index (κ1) is 19.7. The highest BCUT2D eigenvalue weighted by molar-refractivity contribution is 5.76. The van der Waals surface area contributed by atoms with E-state index in [-0.39, 0.29) is 5.91 Å². The highest BCUT2D eigenvalue weighted by Crippen LogP contribution is 2.20. The largest absolute Gasteiger partial charge is 0.491 e. The van der Waals surface area contributed by atoms with Gasteiger partial charge in [-0.1, -0.05) is 18.6 Å². The SMILES string of the molecule is COCCOc1ccc(CN2CCCCC2CNC(=O)CCN)cc1. The second kappa shape index (κ2) is 11.1. The number of methoxy groups -OCH3 is 1. The maximum Gasteiger partial charge on any atom is 0.221 e. The molecule has 0 spiro atoms. The summed E-state index contributed by atoms with van der Waals surface area (Å²) in [5.74, 6) is 0.913. The van der Waals surface area contributed by atoms with Gasteiger partial charge in [0.05, 0.1) is 6.61 Å². The van der Waals surface area contributed by atoms with Crippen molar-refractivity contribution < 1.29 is 14.3 Å². The number of hydrogen-bond acceptors (Lipinski definition) is 5. The van der Waals surface area contributed by atoms with Gasteiger partial charge in [0.15, 0.2) is 0 Å². The number of benzene rings is 1. The minimum absolute atomic E-state index is 0.0468. The third-order valence-electron chi connectivity index (χ3n) is 4.52. The van der Waals surface area contributed by atoms with Gasteiger partial charge in [-0.25, -0.2) is 0 Å². The topological polar surface area (TPSA) is 76.8 Å². The Kier molecular flexibility index (Phi) is 8.72. The zero-order chi connectivity index (χ0) is 17.9. The van der Waals surface area contributed by atoms with Crippen molar-refractivity contribution in [1.29, 1.82) is 0 Å². The third-order valence-corrected chi connectivity index (χ3v) is 4.52. The second-order valence-corrected chi connectivity index (χ2v) is 6.45. The van der Waals surface area contributed by atoms with Crippen LogP contribution in [0.3, 0.4) is 0 Å². The molecule has 1 unspecified atom stereocenters. The summed E-state index contributed by atoms with van der Waals surface area (Å²) < 4.78 is 10.6. The van der Waals surface area contributed by atoms with Gasteiger partial charge in [-0.3, -0.25) is 9.69 Å². The van der Waals surface area contributed by atoms with E-state index in [0.29, 0.717) is 38.8 Å². The summed E-state index contributed by atoms with van der Waals surface area (Å²) in [6.45, 7) is 4.23. The molecule has 0 radical (unpaired) electrons. The first-order valence-electron chi connectivity index (χ1n) is 9.14. The summed E-state index contributed by atoms with van der Waals surface area (Å²) in [4.78, 5) is 14.1. The normalized spacial score (nSPS) is 18.1. The summed E-state index contributed by atoms with van der Waals surface area (Å²) in [5.41, 5.74) is 6.69. The molecule has 1 amide bonds. The van der Waals surface area contributed by atoms with E-state index in [1.54, 1.807) is 7.11 Å². The molecule has 1 aliphatic rings. The first-order chi connectivity index (χ1) is 12.2. The van der Waals surface area contributed by atoms with Gasteiger partial charge in [-0.2, -0.15) is 0 Å². The predicted octanol–water partition coefficient (Wildman–Crippen LogP) is 1.53. The van der Waals surface area contributed by atoms with Crippen LogP contribution in [0.5, 0.6) is 5.75 Å². The number of rotatable bonds is 10. The van der Waals surface area contributed by atoms with Crippen molar-refractivity contribution in [1.82, 2.24) is 10.2 Å². The van der Waals surface area contributed by atoms with E-state index in [2.05, 4.69) is 22.3 Å². The number of carbonyl (C=O) groups excluding carboxylic acids is 1. The van der Waals surface area contributed by atoms with Crippen LogP contribution in [-0.4, -0.2) is 56.8 Å². The zero-order valence-corrected chi connectivity index (χ0v) is 15.2. The molecule has 1 fully saturated rings. The lowest BCUT2D eigenvalue weighted by Gasteiger charge is -2.36. The molecule has 1 aromatic carbocycles. The Morgan fingerprint density at radius 1 is 1.28 bits per heavy atom. The van der Waals surface area contributed by atoms with E-state index >= 15 is 0 Å². The van der Waals surface area contributed by atoms with Gasteiger partial charge in [0.2, 0.25) is 5.91 Å². The van der Waals surface area contributed by atoms with E-state index in [1.807, 2.05) is 12.1 Å². The summed E-state index contributed by atoms with van der Waals surface area (Å²) in [6.07, 6.45) is 3.96. The van der Waals surface area contributed by atoms with Crippen molar-refractivity contribution in [2.45, 2.75) is 38.3 Å². The molecule has 1 aliphatic heterocycles. The molecule has 6 heteroatoms. The lowest BCUT2D eigenvalue weighted by atomic mass is 10.0. The molecule has 0 saturated carbocycles. The predicted molar refractivity (Wildman–Crippen MR) is 98.5 cm³/mol. The molecule has 1 saturated heterocycles. The van der Waals surface area contributed by atoms with Crippen LogP contribution in [-0.2, 0) is 16.1 Å². The fraction of sp³-hybridized carbons (Fsp3) is 0.632. The minimum atomic E-state index is 0.0468. The van der Waals surface area contributed by atoms with E-state index in [4.69, 9.17) is 15.2 Å². The maximum absolute atomic E-state index is 11.7. The summed E-state index contributed by atoms with van der Waals surface area (Å²) in [6, 6.07) is 8.63. The molecule has 3 N–H and O–H groups in total. The number of nitrogens with zero attached hydrogens (tertiary/aromatic N) is 1. The fourth-order valence-electron chi connectivity index (χ4n) is 3.12. The molecule has 140 valence electrons. The number of amides is 1. The number of carbonyl (C=O) groups is 1.